The number of ether oxygens (including phenoxy) is 2. The number of anilines is 1. The molecule has 0 fully saturated rings. The lowest BCUT2D eigenvalue weighted by Gasteiger charge is -2.13. The number of aromatic nitrogens is 2. The van der Waals surface area contributed by atoms with Crippen LogP contribution in [0.15, 0.2) is 65.5 Å². The van der Waals surface area contributed by atoms with Crippen LogP contribution in [0.4, 0.5) is 5.69 Å². The maximum atomic E-state index is 12.8. The Labute approximate surface area is 177 Å². The van der Waals surface area contributed by atoms with Crippen molar-refractivity contribution in [2.45, 2.75) is 13.5 Å². The van der Waals surface area contributed by atoms with Crippen LogP contribution in [0.5, 0.6) is 11.5 Å². The maximum absolute atomic E-state index is 12.8. The first-order valence-corrected chi connectivity index (χ1v) is 9.98. The Morgan fingerprint density at radius 1 is 1.17 bits per heavy atom. The number of amides is 1. The Morgan fingerprint density at radius 3 is 2.73 bits per heavy atom. The molecular weight excluding hydrogens is 402 g/mol. The lowest BCUT2D eigenvalue weighted by atomic mass is 10.2. The molecule has 0 aliphatic heterocycles. The summed E-state index contributed by atoms with van der Waals surface area (Å²) in [5.74, 6) is 1.44. The lowest BCUT2D eigenvalue weighted by Crippen LogP contribution is -2.13. The third-order valence-electron chi connectivity index (χ3n) is 4.31. The van der Waals surface area contributed by atoms with Crippen molar-refractivity contribution in [1.29, 1.82) is 0 Å². The van der Waals surface area contributed by atoms with Crippen molar-refractivity contribution in [2.75, 3.05) is 12.4 Å². The molecular formula is C22H19N3O4S. The van der Waals surface area contributed by atoms with Crippen LogP contribution in [0.1, 0.15) is 20.9 Å². The van der Waals surface area contributed by atoms with Crippen LogP contribution in [-0.4, -0.2) is 23.0 Å². The SMILES string of the molecule is COc1ccc(NC(=O)c2nc(-c3ccco3)sc2C)cc1OCc1ccncc1. The zero-order valence-electron chi connectivity index (χ0n) is 16.4. The zero-order valence-corrected chi connectivity index (χ0v) is 17.2. The summed E-state index contributed by atoms with van der Waals surface area (Å²) in [4.78, 5) is 22.0. The Kier molecular flexibility index (Phi) is 5.76. The van der Waals surface area contributed by atoms with Crippen molar-refractivity contribution < 1.29 is 18.7 Å². The monoisotopic (exact) mass is 421 g/mol. The summed E-state index contributed by atoms with van der Waals surface area (Å²) >= 11 is 1.41. The number of thiazole rings is 1. The molecule has 0 atom stereocenters. The predicted octanol–water partition coefficient (Wildman–Crippen LogP) is 4.95. The Bertz CT molecular complexity index is 1140. The molecule has 0 spiro atoms. The second-order valence-corrected chi connectivity index (χ2v) is 7.57. The average molecular weight is 421 g/mol. The first kappa shape index (κ1) is 19.7. The molecule has 0 radical (unpaired) electrons. The van der Waals surface area contributed by atoms with E-state index in [-0.39, 0.29) is 5.91 Å². The van der Waals surface area contributed by atoms with Crippen molar-refractivity contribution >= 4 is 22.9 Å². The minimum absolute atomic E-state index is 0.299. The van der Waals surface area contributed by atoms with Crippen LogP contribution in [0.25, 0.3) is 10.8 Å². The highest BCUT2D eigenvalue weighted by Gasteiger charge is 2.18. The van der Waals surface area contributed by atoms with E-state index in [1.165, 1.54) is 11.3 Å². The summed E-state index contributed by atoms with van der Waals surface area (Å²) in [5.41, 5.74) is 1.92. The summed E-state index contributed by atoms with van der Waals surface area (Å²) < 4.78 is 16.6. The topological polar surface area (TPSA) is 86.5 Å². The van der Waals surface area contributed by atoms with Gasteiger partial charge in [-0.25, -0.2) is 4.98 Å². The van der Waals surface area contributed by atoms with E-state index < -0.39 is 0 Å². The third kappa shape index (κ3) is 4.33. The number of pyridine rings is 1. The fourth-order valence-corrected chi connectivity index (χ4v) is 3.69. The van der Waals surface area contributed by atoms with Gasteiger partial charge in [0.15, 0.2) is 22.3 Å². The number of nitrogens with zero attached hydrogens (tertiary/aromatic N) is 2. The van der Waals surface area contributed by atoms with Crippen LogP contribution < -0.4 is 14.8 Å². The number of hydrogen-bond acceptors (Lipinski definition) is 7. The number of carbonyl (C=O) groups excluding carboxylic acids is 1. The second kappa shape index (κ2) is 8.79. The van der Waals surface area contributed by atoms with Gasteiger partial charge in [0.25, 0.3) is 5.91 Å². The number of benzene rings is 1. The molecule has 4 rings (SSSR count). The summed E-state index contributed by atoms with van der Waals surface area (Å²) in [7, 11) is 1.57. The molecule has 1 amide bonds. The molecule has 0 saturated carbocycles. The first-order chi connectivity index (χ1) is 14.6. The van der Waals surface area contributed by atoms with Gasteiger partial charge in [0, 0.05) is 29.0 Å². The highest BCUT2D eigenvalue weighted by Crippen LogP contribution is 2.32. The summed E-state index contributed by atoms with van der Waals surface area (Å²) in [5, 5.41) is 3.54. The number of carbonyl (C=O) groups is 1. The molecule has 4 aromatic rings. The minimum Gasteiger partial charge on any atom is -0.493 e. The highest BCUT2D eigenvalue weighted by atomic mass is 32.1. The molecule has 0 bridgehead atoms. The number of hydrogen-bond donors (Lipinski definition) is 1. The van der Waals surface area contributed by atoms with Crippen LogP contribution in [0.3, 0.4) is 0 Å². The van der Waals surface area contributed by atoms with Crippen LogP contribution in [0, 0.1) is 6.92 Å². The molecule has 0 aliphatic rings. The van der Waals surface area contributed by atoms with E-state index in [1.54, 1.807) is 50.0 Å². The molecule has 7 nitrogen and oxygen atoms in total. The Morgan fingerprint density at radius 2 is 2.00 bits per heavy atom. The number of nitrogens with one attached hydrogen (secondary N) is 1. The van der Waals surface area contributed by atoms with Gasteiger partial charge in [-0.3, -0.25) is 9.78 Å². The molecule has 3 heterocycles. The van der Waals surface area contributed by atoms with E-state index in [4.69, 9.17) is 13.9 Å². The Balaban J connectivity index is 1.51. The van der Waals surface area contributed by atoms with Gasteiger partial charge in [0.1, 0.15) is 12.3 Å². The van der Waals surface area contributed by atoms with Crippen molar-refractivity contribution in [3.8, 4) is 22.3 Å². The van der Waals surface area contributed by atoms with E-state index in [0.29, 0.717) is 40.3 Å². The van der Waals surface area contributed by atoms with E-state index in [1.807, 2.05) is 25.1 Å². The maximum Gasteiger partial charge on any atom is 0.275 e. The van der Waals surface area contributed by atoms with Gasteiger partial charge >= 0.3 is 0 Å². The molecule has 1 N–H and O–H groups in total. The average Bonchev–Trinajstić information content (AvgIpc) is 3.43. The molecule has 30 heavy (non-hydrogen) atoms. The lowest BCUT2D eigenvalue weighted by molar-refractivity contribution is 0.102. The number of aryl methyl sites for hydroxylation is 1. The molecule has 1 aromatic carbocycles. The fourth-order valence-electron chi connectivity index (χ4n) is 2.81. The van der Waals surface area contributed by atoms with Crippen LogP contribution in [0.2, 0.25) is 0 Å². The van der Waals surface area contributed by atoms with Gasteiger partial charge in [-0.05, 0) is 48.9 Å². The quantitative estimate of drug-likeness (QED) is 0.455. The first-order valence-electron chi connectivity index (χ1n) is 9.16. The normalized spacial score (nSPS) is 10.6. The minimum atomic E-state index is -0.299. The van der Waals surface area contributed by atoms with Gasteiger partial charge in [-0.1, -0.05) is 0 Å². The number of rotatable bonds is 7. The Hall–Kier alpha value is -3.65. The number of furan rings is 1. The van der Waals surface area contributed by atoms with Crippen molar-refractivity contribution in [1.82, 2.24) is 9.97 Å². The smallest absolute Gasteiger partial charge is 0.275 e. The van der Waals surface area contributed by atoms with Crippen molar-refractivity contribution in [3.63, 3.8) is 0 Å². The van der Waals surface area contributed by atoms with E-state index in [2.05, 4.69) is 15.3 Å². The summed E-state index contributed by atoms with van der Waals surface area (Å²) in [6.45, 7) is 2.21. The molecule has 152 valence electrons. The van der Waals surface area contributed by atoms with Crippen molar-refractivity contribution in [3.05, 3.63) is 77.3 Å². The molecule has 0 unspecified atom stereocenters. The predicted molar refractivity (Wildman–Crippen MR) is 114 cm³/mol. The summed E-state index contributed by atoms with van der Waals surface area (Å²) in [6, 6.07) is 12.6. The van der Waals surface area contributed by atoms with Crippen LogP contribution in [-0.2, 0) is 6.61 Å². The molecule has 3 aromatic heterocycles. The van der Waals surface area contributed by atoms with Gasteiger partial charge in [-0.2, -0.15) is 0 Å². The molecule has 0 aliphatic carbocycles. The van der Waals surface area contributed by atoms with Crippen molar-refractivity contribution in [2.24, 2.45) is 0 Å². The summed E-state index contributed by atoms with van der Waals surface area (Å²) in [6.07, 6.45) is 5.00. The van der Waals surface area contributed by atoms with E-state index in [0.717, 1.165) is 10.4 Å². The van der Waals surface area contributed by atoms with Gasteiger partial charge in [-0.15, -0.1) is 11.3 Å². The largest absolute Gasteiger partial charge is 0.493 e. The standard InChI is InChI=1S/C22H19N3O4S/c1-14-20(25-22(30-14)18-4-3-11-28-18)21(26)24-16-5-6-17(27-2)19(12-16)29-13-15-7-9-23-10-8-15/h3-12H,13H2,1-2H3,(H,24,26). The van der Waals surface area contributed by atoms with Gasteiger partial charge in [0.05, 0.1) is 13.4 Å². The molecule has 8 heteroatoms. The van der Waals surface area contributed by atoms with Crippen LogP contribution >= 0.6 is 11.3 Å². The highest BCUT2D eigenvalue weighted by molar-refractivity contribution is 7.15. The van der Waals surface area contributed by atoms with Gasteiger partial charge in [0.2, 0.25) is 0 Å². The third-order valence-corrected chi connectivity index (χ3v) is 5.29. The van der Waals surface area contributed by atoms with E-state index >= 15 is 0 Å². The fraction of sp³-hybridized carbons (Fsp3) is 0.136. The number of methoxy groups -OCH3 is 1. The van der Waals surface area contributed by atoms with E-state index in [9.17, 15) is 4.79 Å². The second-order valence-electron chi connectivity index (χ2n) is 6.37. The molecule has 0 saturated heterocycles. The zero-order chi connectivity index (χ0) is 20.9. The van der Waals surface area contributed by atoms with Gasteiger partial charge < -0.3 is 19.2 Å².